The molecule has 4 nitrogen and oxygen atoms in total. The Morgan fingerprint density at radius 3 is 2.61 bits per heavy atom. The topological polar surface area (TPSA) is 55.0 Å². The molecule has 2 aromatic heterocycles. The van der Waals surface area contributed by atoms with E-state index in [1.165, 1.54) is 5.56 Å². The van der Waals surface area contributed by atoms with E-state index in [0.29, 0.717) is 0 Å². The van der Waals surface area contributed by atoms with Crippen LogP contribution in [0, 0.1) is 6.92 Å². The molecule has 0 unspecified atom stereocenters. The lowest BCUT2D eigenvalue weighted by molar-refractivity contribution is 0.812. The molecule has 0 fully saturated rings. The quantitative estimate of drug-likeness (QED) is 0.894. The molecule has 4 heteroatoms. The minimum Gasteiger partial charge on any atom is -0.397 e. The average molecular weight is 242 g/mol. The summed E-state index contributed by atoms with van der Waals surface area (Å²) < 4.78 is 0. The molecule has 0 spiro atoms. The maximum absolute atomic E-state index is 5.79. The van der Waals surface area contributed by atoms with Crippen LogP contribution < -0.4 is 10.6 Å². The normalized spacial score (nSPS) is 10.3. The summed E-state index contributed by atoms with van der Waals surface area (Å²) in [5, 5.41) is 0. The molecular weight excluding hydrogens is 224 g/mol. The number of nitrogens with zero attached hydrogens (tertiary/aromatic N) is 3. The Morgan fingerprint density at radius 1 is 1.28 bits per heavy atom. The lowest BCUT2D eigenvalue weighted by Gasteiger charge is -2.22. The lowest BCUT2D eigenvalue weighted by Crippen LogP contribution is -2.23. The number of hydrogen-bond donors (Lipinski definition) is 1. The van der Waals surface area contributed by atoms with Gasteiger partial charge in [0.05, 0.1) is 11.9 Å². The summed E-state index contributed by atoms with van der Waals surface area (Å²) in [5.41, 5.74) is 8.82. The molecule has 0 radical (unpaired) electrons. The van der Waals surface area contributed by atoms with Gasteiger partial charge in [0.1, 0.15) is 5.82 Å². The van der Waals surface area contributed by atoms with Gasteiger partial charge in [-0.1, -0.05) is 0 Å². The maximum atomic E-state index is 5.79. The summed E-state index contributed by atoms with van der Waals surface area (Å²) in [7, 11) is 0. The van der Waals surface area contributed by atoms with Crippen molar-refractivity contribution in [2.24, 2.45) is 0 Å². The fourth-order valence-corrected chi connectivity index (χ4v) is 1.79. The summed E-state index contributed by atoms with van der Waals surface area (Å²) in [5.74, 6) is 0.959. The first-order chi connectivity index (χ1) is 8.70. The molecule has 2 heterocycles. The van der Waals surface area contributed by atoms with E-state index < -0.39 is 0 Å². The van der Waals surface area contributed by atoms with Gasteiger partial charge in [-0.15, -0.1) is 0 Å². The van der Waals surface area contributed by atoms with Crippen molar-refractivity contribution in [1.82, 2.24) is 9.97 Å². The Bertz CT molecular complexity index is 510. The van der Waals surface area contributed by atoms with Gasteiger partial charge >= 0.3 is 0 Å². The number of rotatable bonds is 4. The van der Waals surface area contributed by atoms with Gasteiger partial charge in [0.2, 0.25) is 0 Å². The van der Waals surface area contributed by atoms with Gasteiger partial charge in [0.15, 0.2) is 0 Å². The SMILES string of the molecule is CCN(Cc1ccncc1)c1cc(C)c(N)cn1. The molecule has 0 saturated carbocycles. The Hall–Kier alpha value is -2.10. The first kappa shape index (κ1) is 12.4. The number of nitrogens with two attached hydrogens (primary N) is 1. The number of hydrogen-bond acceptors (Lipinski definition) is 4. The number of nitrogen functional groups attached to an aromatic ring is 1. The summed E-state index contributed by atoms with van der Waals surface area (Å²) in [6.07, 6.45) is 5.34. The monoisotopic (exact) mass is 242 g/mol. The minimum absolute atomic E-state index is 0.735. The predicted molar refractivity (Wildman–Crippen MR) is 74.3 cm³/mol. The van der Waals surface area contributed by atoms with Gasteiger partial charge in [-0.25, -0.2) is 4.98 Å². The van der Waals surface area contributed by atoms with E-state index in [9.17, 15) is 0 Å². The van der Waals surface area contributed by atoms with Gasteiger partial charge in [-0.2, -0.15) is 0 Å². The van der Waals surface area contributed by atoms with Gasteiger partial charge in [-0.05, 0) is 43.2 Å². The van der Waals surface area contributed by atoms with E-state index in [2.05, 4.69) is 21.8 Å². The van der Waals surface area contributed by atoms with E-state index in [-0.39, 0.29) is 0 Å². The molecule has 18 heavy (non-hydrogen) atoms. The standard InChI is InChI=1S/C14H18N4/c1-3-18(10-12-4-6-16-7-5-12)14-8-11(2)13(15)9-17-14/h4-9H,3,10,15H2,1-2H3. The second kappa shape index (κ2) is 5.49. The van der Waals surface area contributed by atoms with E-state index >= 15 is 0 Å². The minimum atomic E-state index is 0.735. The third-order valence-electron chi connectivity index (χ3n) is 2.97. The van der Waals surface area contributed by atoms with Crippen molar-refractivity contribution in [2.45, 2.75) is 20.4 Å². The Labute approximate surface area is 107 Å². The van der Waals surface area contributed by atoms with E-state index in [4.69, 9.17) is 5.73 Å². The van der Waals surface area contributed by atoms with Crippen LogP contribution >= 0.6 is 0 Å². The molecule has 0 aliphatic rings. The molecule has 0 aliphatic carbocycles. The van der Waals surface area contributed by atoms with Crippen LogP contribution in [0.1, 0.15) is 18.1 Å². The molecule has 0 aromatic carbocycles. The molecular formula is C14H18N4. The van der Waals surface area contributed by atoms with Crippen LogP contribution in [0.5, 0.6) is 0 Å². The summed E-state index contributed by atoms with van der Waals surface area (Å²) in [4.78, 5) is 10.6. The van der Waals surface area contributed by atoms with Crippen LogP contribution in [0.4, 0.5) is 11.5 Å². The smallest absolute Gasteiger partial charge is 0.129 e. The van der Waals surface area contributed by atoms with Crippen LogP contribution in [-0.4, -0.2) is 16.5 Å². The van der Waals surface area contributed by atoms with Gasteiger partial charge in [0.25, 0.3) is 0 Å². The molecule has 2 aromatic rings. The summed E-state index contributed by atoms with van der Waals surface area (Å²) in [6, 6.07) is 6.07. The highest BCUT2D eigenvalue weighted by molar-refractivity contribution is 5.52. The van der Waals surface area contributed by atoms with E-state index in [1.807, 2.05) is 37.5 Å². The zero-order valence-electron chi connectivity index (χ0n) is 10.8. The van der Waals surface area contributed by atoms with Crippen molar-refractivity contribution >= 4 is 11.5 Å². The second-order valence-electron chi connectivity index (χ2n) is 4.27. The summed E-state index contributed by atoms with van der Waals surface area (Å²) >= 11 is 0. The fraction of sp³-hybridized carbons (Fsp3) is 0.286. The van der Waals surface area contributed by atoms with Crippen molar-refractivity contribution < 1.29 is 0 Å². The van der Waals surface area contributed by atoms with Crippen molar-refractivity contribution in [1.29, 1.82) is 0 Å². The average Bonchev–Trinajstić information content (AvgIpc) is 2.40. The molecule has 0 aliphatic heterocycles. The highest BCUT2D eigenvalue weighted by Crippen LogP contribution is 2.18. The van der Waals surface area contributed by atoms with Crippen molar-refractivity contribution in [3.05, 3.63) is 47.9 Å². The Kier molecular flexibility index (Phi) is 3.77. The van der Waals surface area contributed by atoms with Gasteiger partial charge in [-0.3, -0.25) is 4.98 Å². The molecule has 0 bridgehead atoms. The summed E-state index contributed by atoms with van der Waals surface area (Å²) in [6.45, 7) is 5.85. The van der Waals surface area contributed by atoms with Crippen LogP contribution in [0.15, 0.2) is 36.8 Å². The second-order valence-corrected chi connectivity index (χ2v) is 4.27. The first-order valence-corrected chi connectivity index (χ1v) is 6.06. The molecule has 0 atom stereocenters. The molecule has 0 amide bonds. The van der Waals surface area contributed by atoms with Gasteiger partial charge < -0.3 is 10.6 Å². The maximum Gasteiger partial charge on any atom is 0.129 e. The third-order valence-corrected chi connectivity index (χ3v) is 2.97. The van der Waals surface area contributed by atoms with Crippen LogP contribution in [0.3, 0.4) is 0 Å². The Morgan fingerprint density at radius 2 is 2.00 bits per heavy atom. The van der Waals surface area contributed by atoms with Crippen LogP contribution in [-0.2, 0) is 6.54 Å². The lowest BCUT2D eigenvalue weighted by atomic mass is 10.2. The number of pyridine rings is 2. The highest BCUT2D eigenvalue weighted by Gasteiger charge is 2.07. The van der Waals surface area contributed by atoms with Crippen molar-refractivity contribution in [3.63, 3.8) is 0 Å². The zero-order chi connectivity index (χ0) is 13.0. The van der Waals surface area contributed by atoms with E-state index in [0.717, 1.165) is 30.2 Å². The third kappa shape index (κ3) is 2.77. The fourth-order valence-electron chi connectivity index (χ4n) is 1.79. The zero-order valence-corrected chi connectivity index (χ0v) is 10.8. The largest absolute Gasteiger partial charge is 0.397 e. The molecule has 2 rings (SSSR count). The number of aromatic nitrogens is 2. The Balaban J connectivity index is 2.20. The van der Waals surface area contributed by atoms with Crippen LogP contribution in [0.2, 0.25) is 0 Å². The molecule has 2 N–H and O–H groups in total. The van der Waals surface area contributed by atoms with Gasteiger partial charge in [0, 0.05) is 25.5 Å². The number of anilines is 2. The predicted octanol–water partition coefficient (Wildman–Crippen LogP) is 2.39. The number of aryl methyl sites for hydroxylation is 1. The van der Waals surface area contributed by atoms with E-state index in [1.54, 1.807) is 6.20 Å². The molecule has 94 valence electrons. The van der Waals surface area contributed by atoms with Crippen molar-refractivity contribution in [2.75, 3.05) is 17.2 Å². The molecule has 0 saturated heterocycles. The first-order valence-electron chi connectivity index (χ1n) is 6.06. The highest BCUT2D eigenvalue weighted by atomic mass is 15.2. The van der Waals surface area contributed by atoms with Crippen molar-refractivity contribution in [3.8, 4) is 0 Å². The van der Waals surface area contributed by atoms with Crippen LogP contribution in [0.25, 0.3) is 0 Å².